The second kappa shape index (κ2) is 9.57. The molecule has 1 N–H and O–H groups in total. The number of benzene rings is 1. The maximum atomic E-state index is 12.6. The normalized spacial score (nSPS) is 19.9. The van der Waals surface area contributed by atoms with Crippen molar-refractivity contribution < 1.29 is 9.59 Å². The van der Waals surface area contributed by atoms with Crippen LogP contribution < -0.4 is 5.32 Å². The Labute approximate surface area is 206 Å². The molecular formula is C20H19Br2Cl2N3O2S. The van der Waals surface area contributed by atoms with E-state index in [1.54, 1.807) is 6.07 Å². The number of nitrogens with one attached hydrogen (secondary N) is 1. The zero-order valence-corrected chi connectivity index (χ0v) is 21.4. The molecule has 1 fully saturated rings. The van der Waals surface area contributed by atoms with Crippen LogP contribution in [-0.2, 0) is 11.3 Å². The molecule has 2 aromatic rings. The smallest absolute Gasteiger partial charge is 0.234 e. The number of thiophene rings is 1. The summed E-state index contributed by atoms with van der Waals surface area (Å²) in [6, 6.07) is 5.26. The monoisotopic (exact) mass is 593 g/mol. The number of ketones is 1. The average Bonchev–Trinajstić information content (AvgIpc) is 3.17. The van der Waals surface area contributed by atoms with Gasteiger partial charge in [-0.05, 0) is 55.6 Å². The molecule has 1 saturated heterocycles. The lowest BCUT2D eigenvalue weighted by Crippen LogP contribution is -2.49. The molecule has 10 heteroatoms. The first-order chi connectivity index (χ1) is 14.3. The predicted molar refractivity (Wildman–Crippen MR) is 128 cm³/mol. The van der Waals surface area contributed by atoms with Gasteiger partial charge in [0.15, 0.2) is 5.78 Å². The number of hydrogen-bond acceptors (Lipinski definition) is 5. The lowest BCUT2D eigenvalue weighted by atomic mass is 10.2. The molecule has 160 valence electrons. The van der Waals surface area contributed by atoms with Crippen molar-refractivity contribution in [3.8, 4) is 0 Å². The SMILES string of the molecule is O=C(CN1CCN(Cc2cc(Cl)ccc2Cl)CC1)NC1CC(=O)c2c(Br)sc(Br)c21. The molecule has 1 aromatic carbocycles. The van der Waals surface area contributed by atoms with E-state index in [1.165, 1.54) is 11.3 Å². The van der Waals surface area contributed by atoms with E-state index in [1.807, 2.05) is 12.1 Å². The van der Waals surface area contributed by atoms with Crippen LogP contribution in [0.15, 0.2) is 25.8 Å². The highest BCUT2D eigenvalue weighted by Crippen LogP contribution is 2.46. The van der Waals surface area contributed by atoms with Gasteiger partial charge in [-0.15, -0.1) is 11.3 Å². The molecule has 0 saturated carbocycles. The van der Waals surface area contributed by atoms with Gasteiger partial charge < -0.3 is 5.32 Å². The number of carbonyl (C=O) groups excluding carboxylic acids is 2. The highest BCUT2D eigenvalue weighted by atomic mass is 79.9. The van der Waals surface area contributed by atoms with E-state index < -0.39 is 0 Å². The summed E-state index contributed by atoms with van der Waals surface area (Å²) in [6.45, 7) is 4.38. The number of halogens is 4. The Kier molecular flexibility index (Phi) is 7.24. The van der Waals surface area contributed by atoms with Crippen LogP contribution >= 0.6 is 66.4 Å². The number of hydrogen-bond donors (Lipinski definition) is 1. The van der Waals surface area contributed by atoms with Crippen LogP contribution in [0.25, 0.3) is 0 Å². The Morgan fingerprint density at radius 3 is 2.57 bits per heavy atom. The Morgan fingerprint density at radius 2 is 1.83 bits per heavy atom. The van der Waals surface area contributed by atoms with Gasteiger partial charge in [-0.25, -0.2) is 0 Å². The lowest BCUT2D eigenvalue weighted by Gasteiger charge is -2.34. The summed E-state index contributed by atoms with van der Waals surface area (Å²) in [5.41, 5.74) is 2.61. The topological polar surface area (TPSA) is 52.7 Å². The first-order valence-electron chi connectivity index (χ1n) is 9.50. The molecule has 1 atom stereocenters. The summed E-state index contributed by atoms with van der Waals surface area (Å²) in [7, 11) is 0. The summed E-state index contributed by atoms with van der Waals surface area (Å²) in [5, 5.41) is 4.44. The van der Waals surface area contributed by atoms with E-state index in [-0.39, 0.29) is 17.7 Å². The maximum Gasteiger partial charge on any atom is 0.234 e. The molecule has 0 spiro atoms. The molecule has 30 heavy (non-hydrogen) atoms. The number of piperazine rings is 1. The van der Waals surface area contributed by atoms with Crippen LogP contribution in [0, 0.1) is 0 Å². The van der Waals surface area contributed by atoms with Gasteiger partial charge in [-0.3, -0.25) is 19.4 Å². The summed E-state index contributed by atoms with van der Waals surface area (Å²) in [5.74, 6) is 0.0126. The van der Waals surface area contributed by atoms with Crippen LogP contribution in [0.5, 0.6) is 0 Å². The number of nitrogens with zero attached hydrogens (tertiary/aromatic N) is 2. The molecular weight excluding hydrogens is 577 g/mol. The first kappa shape index (κ1) is 22.7. The van der Waals surface area contributed by atoms with E-state index in [9.17, 15) is 9.59 Å². The number of Topliss-reactive ketones (excluding diaryl/α,β-unsaturated/α-hetero) is 1. The maximum absolute atomic E-state index is 12.6. The summed E-state index contributed by atoms with van der Waals surface area (Å²) < 4.78 is 1.72. The predicted octanol–water partition coefficient (Wildman–Crippen LogP) is 5.14. The molecule has 5 nitrogen and oxygen atoms in total. The standard InChI is InChI=1S/C20H19Br2Cl2N3O2S/c21-19-17-14(8-15(28)18(17)20(22)30-19)25-16(29)10-27-5-3-26(4-6-27)9-11-7-12(23)1-2-13(11)24/h1-2,7,14H,3-6,8-10H2,(H,25,29). The van der Waals surface area contributed by atoms with Crippen molar-refractivity contribution in [1.82, 2.24) is 15.1 Å². The average molecular weight is 596 g/mol. The fourth-order valence-electron chi connectivity index (χ4n) is 3.93. The van der Waals surface area contributed by atoms with Crippen molar-refractivity contribution >= 4 is 78.1 Å². The van der Waals surface area contributed by atoms with Gasteiger partial charge >= 0.3 is 0 Å². The molecule has 4 rings (SSSR count). The summed E-state index contributed by atoms with van der Waals surface area (Å²) in [4.78, 5) is 29.4. The molecule has 1 aromatic heterocycles. The van der Waals surface area contributed by atoms with Crippen molar-refractivity contribution in [3.63, 3.8) is 0 Å². The molecule has 2 aliphatic rings. The molecule has 1 amide bonds. The second-order valence-corrected chi connectivity index (χ2v) is 12.0. The van der Waals surface area contributed by atoms with Gasteiger partial charge in [0.1, 0.15) is 0 Å². The van der Waals surface area contributed by atoms with E-state index in [0.29, 0.717) is 23.6 Å². The van der Waals surface area contributed by atoms with Crippen LogP contribution in [-0.4, -0.2) is 54.2 Å². The second-order valence-electron chi connectivity index (χ2n) is 7.47. The summed E-state index contributed by atoms with van der Waals surface area (Å²) >= 11 is 20.8. The fourth-order valence-corrected chi connectivity index (χ4v) is 7.67. The molecule has 1 unspecified atom stereocenters. The first-order valence-corrected chi connectivity index (χ1v) is 12.7. The molecule has 1 aliphatic heterocycles. The largest absolute Gasteiger partial charge is 0.348 e. The minimum Gasteiger partial charge on any atom is -0.348 e. The molecule has 0 radical (unpaired) electrons. The zero-order valence-electron chi connectivity index (χ0n) is 15.9. The van der Waals surface area contributed by atoms with Crippen LogP contribution in [0.2, 0.25) is 10.0 Å². The van der Waals surface area contributed by atoms with Crippen molar-refractivity contribution in [2.45, 2.75) is 19.0 Å². The molecule has 0 bridgehead atoms. The van der Waals surface area contributed by atoms with E-state index >= 15 is 0 Å². The minimum absolute atomic E-state index is 0.0544. The highest BCUT2D eigenvalue weighted by Gasteiger charge is 2.36. The third-order valence-corrected chi connectivity index (χ3v) is 8.62. The van der Waals surface area contributed by atoms with Crippen molar-refractivity contribution in [2.24, 2.45) is 0 Å². The van der Waals surface area contributed by atoms with Gasteiger partial charge in [-0.2, -0.15) is 0 Å². The zero-order chi connectivity index (χ0) is 21.4. The summed E-state index contributed by atoms with van der Waals surface area (Å²) in [6.07, 6.45) is 0.315. The van der Waals surface area contributed by atoms with Gasteiger partial charge in [0, 0.05) is 60.3 Å². The van der Waals surface area contributed by atoms with Gasteiger partial charge in [0.25, 0.3) is 0 Å². The quantitative estimate of drug-likeness (QED) is 0.520. The van der Waals surface area contributed by atoms with Crippen molar-refractivity contribution in [1.29, 1.82) is 0 Å². The van der Waals surface area contributed by atoms with Crippen molar-refractivity contribution in [3.05, 3.63) is 52.5 Å². The van der Waals surface area contributed by atoms with E-state index in [4.69, 9.17) is 23.2 Å². The lowest BCUT2D eigenvalue weighted by molar-refractivity contribution is -0.123. The number of carbonyl (C=O) groups is 2. The van der Waals surface area contributed by atoms with Crippen LogP contribution in [0.3, 0.4) is 0 Å². The molecule has 1 aliphatic carbocycles. The van der Waals surface area contributed by atoms with E-state index in [0.717, 1.165) is 56.4 Å². The fraction of sp³-hybridized carbons (Fsp3) is 0.400. The van der Waals surface area contributed by atoms with Gasteiger partial charge in [-0.1, -0.05) is 23.2 Å². The third-order valence-electron chi connectivity index (χ3n) is 5.44. The van der Waals surface area contributed by atoms with Gasteiger partial charge in [0.05, 0.1) is 20.2 Å². The number of amides is 1. The Hall–Kier alpha value is -0.480. The number of fused-ring (bicyclic) bond motifs is 1. The minimum atomic E-state index is -0.261. The Balaban J connectivity index is 1.28. The van der Waals surface area contributed by atoms with Crippen molar-refractivity contribution in [2.75, 3.05) is 32.7 Å². The van der Waals surface area contributed by atoms with Gasteiger partial charge in [0.2, 0.25) is 5.91 Å². The highest BCUT2D eigenvalue weighted by molar-refractivity contribution is 9.12. The Bertz CT molecular complexity index is 993. The number of rotatable bonds is 5. The molecule has 2 heterocycles. The third kappa shape index (κ3) is 4.95. The van der Waals surface area contributed by atoms with Crippen LogP contribution in [0.4, 0.5) is 0 Å². The van der Waals surface area contributed by atoms with Crippen LogP contribution in [0.1, 0.15) is 33.9 Å². The Morgan fingerprint density at radius 1 is 1.13 bits per heavy atom. The van der Waals surface area contributed by atoms with E-state index in [2.05, 4.69) is 47.0 Å².